The first-order chi connectivity index (χ1) is 16.0. The third kappa shape index (κ3) is 5.77. The molecule has 0 amide bonds. The van der Waals surface area contributed by atoms with Gasteiger partial charge < -0.3 is 14.9 Å². The number of aryl methyl sites for hydroxylation is 1. The number of halogens is 1. The maximum absolute atomic E-state index is 11.9. The Morgan fingerprint density at radius 1 is 0.970 bits per heavy atom. The van der Waals surface area contributed by atoms with Gasteiger partial charge in [-0.1, -0.05) is 65.7 Å². The molecular formula is C28H32ClNO3. The van der Waals surface area contributed by atoms with Crippen molar-refractivity contribution in [2.75, 3.05) is 26.3 Å². The summed E-state index contributed by atoms with van der Waals surface area (Å²) in [6.07, 6.45) is 2.62. The van der Waals surface area contributed by atoms with Gasteiger partial charge in [-0.05, 0) is 67.3 Å². The van der Waals surface area contributed by atoms with Crippen LogP contribution >= 0.6 is 11.6 Å². The van der Waals surface area contributed by atoms with Gasteiger partial charge in [0.2, 0.25) is 0 Å². The lowest BCUT2D eigenvalue weighted by molar-refractivity contribution is 0.0810. The second kappa shape index (κ2) is 10.7. The Morgan fingerprint density at radius 3 is 2.24 bits per heavy atom. The minimum Gasteiger partial charge on any atom is -0.492 e. The first-order valence-electron chi connectivity index (χ1n) is 11.6. The molecule has 0 aromatic heterocycles. The lowest BCUT2D eigenvalue weighted by Crippen LogP contribution is -2.35. The summed E-state index contributed by atoms with van der Waals surface area (Å²) in [7, 11) is 0. The van der Waals surface area contributed by atoms with E-state index in [1.165, 1.54) is 0 Å². The van der Waals surface area contributed by atoms with E-state index in [2.05, 4.69) is 4.90 Å². The van der Waals surface area contributed by atoms with Crippen molar-refractivity contribution < 1.29 is 14.9 Å². The SMILES string of the molecule is Cc1ccc(C(O)(Cc2ccc(Cl)cc2)c2ccc(OCCN3CCC[C@@H]3CO)cc2)cc1. The minimum absolute atomic E-state index is 0.208. The molecule has 3 aromatic rings. The molecule has 0 spiro atoms. The molecule has 1 fully saturated rings. The molecule has 5 heteroatoms. The minimum atomic E-state index is -1.18. The van der Waals surface area contributed by atoms with Gasteiger partial charge in [0.25, 0.3) is 0 Å². The molecule has 33 heavy (non-hydrogen) atoms. The first-order valence-corrected chi connectivity index (χ1v) is 12.0. The number of aliphatic hydroxyl groups is 2. The maximum Gasteiger partial charge on any atom is 0.119 e. The normalized spacial score (nSPS) is 18.2. The van der Waals surface area contributed by atoms with Crippen molar-refractivity contribution in [1.82, 2.24) is 4.90 Å². The Morgan fingerprint density at radius 2 is 1.61 bits per heavy atom. The zero-order chi connectivity index (χ0) is 23.3. The standard InChI is InChI=1S/C28H32ClNO3/c1-21-4-8-23(9-5-21)28(32,19-22-6-12-25(29)13-7-22)24-10-14-27(15-11-24)33-18-17-30-16-2-3-26(30)20-31/h4-15,26,31-32H,2-3,16-20H2,1H3/t26-,28?/m1/s1. The Labute approximate surface area is 201 Å². The fourth-order valence-corrected chi connectivity index (χ4v) is 4.73. The smallest absolute Gasteiger partial charge is 0.119 e. The zero-order valence-electron chi connectivity index (χ0n) is 19.1. The van der Waals surface area contributed by atoms with Gasteiger partial charge in [-0.2, -0.15) is 0 Å². The number of nitrogens with zero attached hydrogens (tertiary/aromatic N) is 1. The van der Waals surface area contributed by atoms with Crippen molar-refractivity contribution in [3.8, 4) is 5.75 Å². The van der Waals surface area contributed by atoms with Crippen LogP contribution in [0.3, 0.4) is 0 Å². The molecule has 0 radical (unpaired) electrons. The molecule has 2 N–H and O–H groups in total. The Hall–Kier alpha value is -2.37. The Bertz CT molecular complexity index is 1020. The van der Waals surface area contributed by atoms with E-state index >= 15 is 0 Å². The van der Waals surface area contributed by atoms with E-state index in [1.807, 2.05) is 79.7 Å². The molecule has 1 heterocycles. The monoisotopic (exact) mass is 465 g/mol. The summed E-state index contributed by atoms with van der Waals surface area (Å²) in [5.41, 5.74) is 2.64. The Kier molecular flexibility index (Phi) is 7.71. The van der Waals surface area contributed by atoms with Crippen molar-refractivity contribution in [3.05, 3.63) is 100 Å². The van der Waals surface area contributed by atoms with E-state index in [0.29, 0.717) is 18.1 Å². The Balaban J connectivity index is 1.50. The number of aliphatic hydroxyl groups excluding tert-OH is 1. The molecule has 174 valence electrons. The third-order valence-electron chi connectivity index (χ3n) is 6.59. The van der Waals surface area contributed by atoms with Crippen molar-refractivity contribution >= 4 is 11.6 Å². The number of rotatable bonds is 9. The van der Waals surface area contributed by atoms with Crippen LogP contribution in [0.2, 0.25) is 5.02 Å². The average Bonchev–Trinajstić information content (AvgIpc) is 3.29. The molecule has 1 saturated heterocycles. The summed E-state index contributed by atoms with van der Waals surface area (Å²) < 4.78 is 5.96. The summed E-state index contributed by atoms with van der Waals surface area (Å²) in [6.45, 7) is 4.64. The second-order valence-electron chi connectivity index (χ2n) is 8.92. The molecule has 4 rings (SSSR count). The predicted molar refractivity (Wildman–Crippen MR) is 133 cm³/mol. The van der Waals surface area contributed by atoms with Crippen LogP contribution < -0.4 is 4.74 Å². The van der Waals surface area contributed by atoms with Crippen LogP contribution in [-0.4, -0.2) is 47.5 Å². The number of likely N-dealkylation sites (tertiary alicyclic amines) is 1. The molecule has 1 unspecified atom stereocenters. The average molecular weight is 466 g/mol. The molecule has 2 atom stereocenters. The predicted octanol–water partition coefficient (Wildman–Crippen LogP) is 4.96. The van der Waals surface area contributed by atoms with Crippen LogP contribution in [0.5, 0.6) is 5.75 Å². The summed E-state index contributed by atoms with van der Waals surface area (Å²) >= 11 is 6.06. The van der Waals surface area contributed by atoms with Crippen LogP contribution in [0.25, 0.3) is 0 Å². The molecule has 0 saturated carbocycles. The zero-order valence-corrected chi connectivity index (χ0v) is 19.8. The molecule has 0 bridgehead atoms. The molecular weight excluding hydrogens is 434 g/mol. The van der Waals surface area contributed by atoms with E-state index in [0.717, 1.165) is 53.9 Å². The van der Waals surface area contributed by atoms with E-state index in [1.54, 1.807) is 0 Å². The highest BCUT2D eigenvalue weighted by Crippen LogP contribution is 2.35. The van der Waals surface area contributed by atoms with Gasteiger partial charge >= 0.3 is 0 Å². The topological polar surface area (TPSA) is 52.9 Å². The van der Waals surface area contributed by atoms with Crippen LogP contribution in [0.4, 0.5) is 0 Å². The van der Waals surface area contributed by atoms with Gasteiger partial charge in [0, 0.05) is 24.0 Å². The molecule has 4 nitrogen and oxygen atoms in total. The van der Waals surface area contributed by atoms with Crippen molar-refractivity contribution in [1.29, 1.82) is 0 Å². The van der Waals surface area contributed by atoms with Crippen LogP contribution in [0.15, 0.2) is 72.8 Å². The highest BCUT2D eigenvalue weighted by Gasteiger charge is 2.32. The second-order valence-corrected chi connectivity index (χ2v) is 9.35. The van der Waals surface area contributed by atoms with Gasteiger partial charge in [-0.15, -0.1) is 0 Å². The van der Waals surface area contributed by atoms with Gasteiger partial charge in [-0.25, -0.2) is 0 Å². The number of ether oxygens (including phenoxy) is 1. The van der Waals surface area contributed by atoms with Crippen LogP contribution in [-0.2, 0) is 12.0 Å². The van der Waals surface area contributed by atoms with E-state index in [9.17, 15) is 10.2 Å². The number of benzene rings is 3. The molecule has 1 aliphatic rings. The largest absolute Gasteiger partial charge is 0.492 e. The summed E-state index contributed by atoms with van der Waals surface area (Å²) in [5.74, 6) is 0.774. The molecule has 0 aliphatic carbocycles. The third-order valence-corrected chi connectivity index (χ3v) is 6.84. The van der Waals surface area contributed by atoms with Crippen LogP contribution in [0.1, 0.15) is 35.1 Å². The lowest BCUT2D eigenvalue weighted by Gasteiger charge is -2.30. The van der Waals surface area contributed by atoms with Crippen molar-refractivity contribution in [2.45, 2.75) is 37.8 Å². The highest BCUT2D eigenvalue weighted by atomic mass is 35.5. The van der Waals surface area contributed by atoms with Gasteiger partial charge in [-0.3, -0.25) is 4.90 Å². The summed E-state index contributed by atoms with van der Waals surface area (Å²) in [5, 5.41) is 22.1. The fraction of sp³-hybridized carbons (Fsp3) is 0.357. The number of hydrogen-bond donors (Lipinski definition) is 2. The summed E-state index contributed by atoms with van der Waals surface area (Å²) in [6, 6.07) is 23.6. The molecule has 3 aromatic carbocycles. The molecule has 1 aliphatic heterocycles. The van der Waals surface area contributed by atoms with Crippen molar-refractivity contribution in [3.63, 3.8) is 0 Å². The van der Waals surface area contributed by atoms with Gasteiger partial charge in [0.15, 0.2) is 0 Å². The van der Waals surface area contributed by atoms with Crippen LogP contribution in [0, 0.1) is 6.92 Å². The van der Waals surface area contributed by atoms with Crippen molar-refractivity contribution in [2.24, 2.45) is 0 Å². The van der Waals surface area contributed by atoms with E-state index < -0.39 is 5.60 Å². The van der Waals surface area contributed by atoms with Gasteiger partial charge in [0.05, 0.1) is 6.61 Å². The summed E-state index contributed by atoms with van der Waals surface area (Å²) in [4.78, 5) is 2.29. The van der Waals surface area contributed by atoms with Gasteiger partial charge in [0.1, 0.15) is 18.0 Å². The lowest BCUT2D eigenvalue weighted by atomic mass is 9.81. The highest BCUT2D eigenvalue weighted by molar-refractivity contribution is 6.30. The maximum atomic E-state index is 11.9. The quantitative estimate of drug-likeness (QED) is 0.469. The van der Waals surface area contributed by atoms with E-state index in [-0.39, 0.29) is 12.6 Å². The fourth-order valence-electron chi connectivity index (χ4n) is 4.60. The number of hydrogen-bond acceptors (Lipinski definition) is 4. The van der Waals surface area contributed by atoms with E-state index in [4.69, 9.17) is 16.3 Å². The first kappa shape index (κ1) is 23.8.